The molecule has 2 unspecified atom stereocenters. The molecule has 3 amide bonds. The van der Waals surface area contributed by atoms with Crippen LogP contribution in [0.25, 0.3) is 0 Å². The van der Waals surface area contributed by atoms with Crippen LogP contribution in [0.4, 0.5) is 0 Å². The van der Waals surface area contributed by atoms with Crippen molar-refractivity contribution in [2.75, 3.05) is 19.7 Å². The van der Waals surface area contributed by atoms with Crippen molar-refractivity contribution < 1.29 is 19.1 Å². The second-order valence-electron chi connectivity index (χ2n) is 7.33. The van der Waals surface area contributed by atoms with Crippen LogP contribution >= 0.6 is 0 Å². The lowest BCUT2D eigenvalue weighted by molar-refractivity contribution is 0.0475. The van der Waals surface area contributed by atoms with Crippen molar-refractivity contribution in [2.24, 2.45) is 11.7 Å². The number of nitrogens with two attached hydrogens (primary N) is 1. The van der Waals surface area contributed by atoms with Crippen LogP contribution in [0.5, 0.6) is 0 Å². The number of carbonyl (C=O) groups is 3. The van der Waals surface area contributed by atoms with Gasteiger partial charge in [-0.2, -0.15) is 0 Å². The Labute approximate surface area is 151 Å². The average Bonchev–Trinajstić information content (AvgIpc) is 3.33. The summed E-state index contributed by atoms with van der Waals surface area (Å²) in [5.41, 5.74) is 7.00. The van der Waals surface area contributed by atoms with Crippen molar-refractivity contribution in [3.63, 3.8) is 0 Å². The standard InChI is InChI=1S/C19H23N3O4/c20-16(11-3-4-11)9-21-17(23)12-5-6-14-15(8-12)19(25)22(18(14)24)10-13-2-1-7-26-13/h5-6,8,11,13,16H,1-4,7,9-10,20H2,(H,21,23). The van der Waals surface area contributed by atoms with Crippen molar-refractivity contribution in [1.29, 1.82) is 0 Å². The number of imide groups is 1. The summed E-state index contributed by atoms with van der Waals surface area (Å²) in [6.45, 7) is 1.35. The zero-order chi connectivity index (χ0) is 18.3. The van der Waals surface area contributed by atoms with Crippen molar-refractivity contribution in [1.82, 2.24) is 10.2 Å². The minimum Gasteiger partial charge on any atom is -0.376 e. The van der Waals surface area contributed by atoms with E-state index in [2.05, 4.69) is 5.32 Å². The Morgan fingerprint density at radius 3 is 2.69 bits per heavy atom. The van der Waals surface area contributed by atoms with Gasteiger partial charge in [0.15, 0.2) is 0 Å². The summed E-state index contributed by atoms with van der Waals surface area (Å²) in [6.07, 6.45) is 3.94. The van der Waals surface area contributed by atoms with Gasteiger partial charge >= 0.3 is 0 Å². The molecule has 1 aromatic rings. The van der Waals surface area contributed by atoms with E-state index in [4.69, 9.17) is 10.5 Å². The van der Waals surface area contributed by atoms with Crippen LogP contribution < -0.4 is 11.1 Å². The van der Waals surface area contributed by atoms with Gasteiger partial charge in [0.2, 0.25) is 0 Å². The minimum absolute atomic E-state index is 0.0292. The van der Waals surface area contributed by atoms with E-state index in [-0.39, 0.29) is 42.0 Å². The van der Waals surface area contributed by atoms with Crippen LogP contribution in [0.15, 0.2) is 18.2 Å². The molecule has 2 fully saturated rings. The lowest BCUT2D eigenvalue weighted by Crippen LogP contribution is -2.38. The average molecular weight is 357 g/mol. The van der Waals surface area contributed by atoms with Gasteiger partial charge in [0.05, 0.1) is 23.8 Å². The SMILES string of the molecule is NC(CNC(=O)c1ccc2c(c1)C(=O)N(CC1CCCO1)C2=O)C1CC1. The van der Waals surface area contributed by atoms with E-state index < -0.39 is 0 Å². The highest BCUT2D eigenvalue weighted by Gasteiger charge is 2.38. The van der Waals surface area contributed by atoms with E-state index in [1.165, 1.54) is 11.0 Å². The fourth-order valence-electron chi connectivity index (χ4n) is 3.59. The molecule has 3 N–H and O–H groups in total. The molecule has 0 spiro atoms. The maximum atomic E-state index is 12.6. The number of fused-ring (bicyclic) bond motifs is 1. The first-order valence-corrected chi connectivity index (χ1v) is 9.20. The Morgan fingerprint density at radius 1 is 1.23 bits per heavy atom. The van der Waals surface area contributed by atoms with Crippen molar-refractivity contribution in [3.8, 4) is 0 Å². The molecule has 7 nitrogen and oxygen atoms in total. The number of benzene rings is 1. The molecular formula is C19H23N3O4. The molecule has 2 heterocycles. The molecule has 26 heavy (non-hydrogen) atoms. The van der Waals surface area contributed by atoms with Gasteiger partial charge in [0, 0.05) is 24.8 Å². The summed E-state index contributed by atoms with van der Waals surface area (Å²) in [4.78, 5) is 38.7. The number of hydrogen-bond donors (Lipinski definition) is 2. The van der Waals surface area contributed by atoms with Gasteiger partial charge < -0.3 is 15.8 Å². The van der Waals surface area contributed by atoms with E-state index in [1.807, 2.05) is 0 Å². The maximum absolute atomic E-state index is 12.6. The smallest absolute Gasteiger partial charge is 0.261 e. The number of ether oxygens (including phenoxy) is 1. The van der Waals surface area contributed by atoms with Gasteiger partial charge in [0.25, 0.3) is 17.7 Å². The van der Waals surface area contributed by atoms with Crippen molar-refractivity contribution >= 4 is 17.7 Å². The third-order valence-electron chi connectivity index (χ3n) is 5.37. The molecule has 1 aromatic carbocycles. The number of amides is 3. The number of rotatable bonds is 6. The zero-order valence-electron chi connectivity index (χ0n) is 14.6. The first-order valence-electron chi connectivity index (χ1n) is 9.20. The van der Waals surface area contributed by atoms with Crippen LogP contribution in [0.3, 0.4) is 0 Å². The highest BCUT2D eigenvalue weighted by Crippen LogP contribution is 2.31. The van der Waals surface area contributed by atoms with E-state index in [9.17, 15) is 14.4 Å². The first kappa shape index (κ1) is 17.2. The van der Waals surface area contributed by atoms with Gasteiger partial charge in [0.1, 0.15) is 0 Å². The molecule has 4 rings (SSSR count). The van der Waals surface area contributed by atoms with Gasteiger partial charge in [-0.25, -0.2) is 0 Å². The van der Waals surface area contributed by atoms with Gasteiger partial charge in [-0.3, -0.25) is 19.3 Å². The topological polar surface area (TPSA) is 102 Å². The van der Waals surface area contributed by atoms with Crippen LogP contribution in [0, 0.1) is 5.92 Å². The first-order chi connectivity index (χ1) is 12.5. The Bertz CT molecular complexity index is 753. The molecule has 1 saturated carbocycles. The molecule has 0 radical (unpaired) electrons. The van der Waals surface area contributed by atoms with Crippen LogP contribution in [0.2, 0.25) is 0 Å². The van der Waals surface area contributed by atoms with Crippen LogP contribution in [-0.2, 0) is 4.74 Å². The predicted octanol–water partition coefficient (Wildman–Crippen LogP) is 0.929. The number of carbonyl (C=O) groups excluding carboxylic acids is 3. The fraction of sp³-hybridized carbons (Fsp3) is 0.526. The molecule has 3 aliphatic rings. The van der Waals surface area contributed by atoms with Gasteiger partial charge in [-0.05, 0) is 49.8 Å². The van der Waals surface area contributed by atoms with E-state index in [0.29, 0.717) is 30.2 Å². The Balaban J connectivity index is 1.45. The molecule has 1 aliphatic carbocycles. The summed E-state index contributed by atoms with van der Waals surface area (Å²) >= 11 is 0. The summed E-state index contributed by atoms with van der Waals surface area (Å²) in [5.74, 6) is -0.448. The van der Waals surface area contributed by atoms with Crippen molar-refractivity contribution in [2.45, 2.75) is 37.8 Å². The Morgan fingerprint density at radius 2 is 2.00 bits per heavy atom. The maximum Gasteiger partial charge on any atom is 0.261 e. The predicted molar refractivity (Wildman–Crippen MR) is 93.8 cm³/mol. The molecule has 7 heteroatoms. The van der Waals surface area contributed by atoms with Gasteiger partial charge in [-0.1, -0.05) is 0 Å². The lowest BCUT2D eigenvalue weighted by Gasteiger charge is -2.17. The summed E-state index contributed by atoms with van der Waals surface area (Å²) in [6, 6.07) is 4.61. The number of hydrogen-bond acceptors (Lipinski definition) is 5. The number of nitrogens with one attached hydrogen (secondary N) is 1. The van der Waals surface area contributed by atoms with E-state index >= 15 is 0 Å². The molecule has 2 atom stereocenters. The van der Waals surface area contributed by atoms with Crippen LogP contribution in [-0.4, -0.2) is 54.5 Å². The highest BCUT2D eigenvalue weighted by molar-refractivity contribution is 6.22. The second kappa shape index (κ2) is 6.81. The fourth-order valence-corrected chi connectivity index (χ4v) is 3.59. The Kier molecular flexibility index (Phi) is 4.50. The van der Waals surface area contributed by atoms with Crippen molar-refractivity contribution in [3.05, 3.63) is 34.9 Å². The summed E-state index contributed by atoms with van der Waals surface area (Å²) in [5, 5.41) is 2.81. The highest BCUT2D eigenvalue weighted by atomic mass is 16.5. The Hall–Kier alpha value is -2.25. The zero-order valence-corrected chi connectivity index (χ0v) is 14.6. The van der Waals surface area contributed by atoms with Crippen LogP contribution in [0.1, 0.15) is 56.8 Å². The third kappa shape index (κ3) is 3.24. The third-order valence-corrected chi connectivity index (χ3v) is 5.37. The molecular weight excluding hydrogens is 334 g/mol. The summed E-state index contributed by atoms with van der Waals surface area (Å²) in [7, 11) is 0. The molecule has 2 aliphatic heterocycles. The largest absolute Gasteiger partial charge is 0.376 e. The minimum atomic E-state index is -0.357. The van der Waals surface area contributed by atoms with Gasteiger partial charge in [-0.15, -0.1) is 0 Å². The monoisotopic (exact) mass is 357 g/mol. The van der Waals surface area contributed by atoms with E-state index in [0.717, 1.165) is 25.7 Å². The molecule has 138 valence electrons. The summed E-state index contributed by atoms with van der Waals surface area (Å²) < 4.78 is 5.53. The van der Waals surface area contributed by atoms with E-state index in [1.54, 1.807) is 12.1 Å². The quantitative estimate of drug-likeness (QED) is 0.738. The number of nitrogens with zero attached hydrogens (tertiary/aromatic N) is 1. The molecule has 1 saturated heterocycles. The second-order valence-corrected chi connectivity index (χ2v) is 7.33. The molecule has 0 aromatic heterocycles. The lowest BCUT2D eigenvalue weighted by atomic mass is 10.1. The molecule has 0 bridgehead atoms. The normalized spacial score (nSPS) is 23.3.